The van der Waals surface area contributed by atoms with E-state index in [0.29, 0.717) is 5.39 Å². The van der Waals surface area contributed by atoms with Crippen LogP contribution in [0.3, 0.4) is 0 Å². The van der Waals surface area contributed by atoms with E-state index in [2.05, 4.69) is 0 Å². The number of ether oxygens (including phenoxy) is 2. The second-order valence-electron chi connectivity index (χ2n) is 5.94. The Bertz CT molecular complexity index is 1260. The number of para-hydroxylation sites is 1. The van der Waals surface area contributed by atoms with Gasteiger partial charge < -0.3 is 13.9 Å². The van der Waals surface area contributed by atoms with E-state index in [-0.39, 0.29) is 34.9 Å². The van der Waals surface area contributed by atoms with Crippen molar-refractivity contribution in [3.63, 3.8) is 0 Å². The van der Waals surface area contributed by atoms with E-state index in [1.165, 1.54) is 12.1 Å². The number of hydrogen-bond acceptors (Lipinski definition) is 8. The minimum atomic E-state index is -3.77. The fourth-order valence-corrected chi connectivity index (χ4v) is 3.42. The smallest absolute Gasteiger partial charge is 0.374 e. The number of sulfone groups is 1. The first-order chi connectivity index (χ1) is 14.4. The minimum Gasteiger partial charge on any atom is -0.459 e. The molecule has 154 valence electrons. The van der Waals surface area contributed by atoms with Crippen molar-refractivity contribution in [2.75, 3.05) is 13.2 Å². The van der Waals surface area contributed by atoms with Gasteiger partial charge in [-0.25, -0.2) is 18.0 Å². The first kappa shape index (κ1) is 21.0. The summed E-state index contributed by atoms with van der Waals surface area (Å²) >= 11 is 0. The molecule has 0 aliphatic rings. The normalized spacial score (nSPS) is 11.5. The number of benzene rings is 2. The molecule has 3 rings (SSSR count). The molecule has 1 aromatic heterocycles. The lowest BCUT2D eigenvalue weighted by Crippen LogP contribution is -2.15. The molecule has 2 aromatic carbocycles. The predicted octanol–water partition coefficient (Wildman–Crippen LogP) is 2.48. The van der Waals surface area contributed by atoms with Gasteiger partial charge in [-0.1, -0.05) is 30.3 Å². The fraction of sp³-hybridized carbons (Fsp3) is 0.0952. The Hall–Kier alpha value is -3.72. The maximum absolute atomic E-state index is 12.0. The van der Waals surface area contributed by atoms with Crippen LogP contribution in [0.1, 0.15) is 10.6 Å². The predicted molar refractivity (Wildman–Crippen MR) is 106 cm³/mol. The summed E-state index contributed by atoms with van der Waals surface area (Å²) in [4.78, 5) is 35.7. The average molecular weight is 428 g/mol. The minimum absolute atomic E-state index is 0.0415. The van der Waals surface area contributed by atoms with Crippen molar-refractivity contribution < 1.29 is 31.9 Å². The van der Waals surface area contributed by atoms with Gasteiger partial charge in [-0.2, -0.15) is 0 Å². The van der Waals surface area contributed by atoms with Crippen molar-refractivity contribution in [1.29, 1.82) is 0 Å². The number of hydrogen-bond donors (Lipinski definition) is 0. The maximum Gasteiger partial charge on any atom is 0.374 e. The van der Waals surface area contributed by atoms with Gasteiger partial charge in [0.25, 0.3) is 0 Å². The van der Waals surface area contributed by atoms with E-state index < -0.39 is 21.8 Å². The van der Waals surface area contributed by atoms with Gasteiger partial charge in [-0.3, -0.25) is 4.79 Å². The van der Waals surface area contributed by atoms with Crippen molar-refractivity contribution in [2.45, 2.75) is 4.90 Å². The Kier molecular flexibility index (Phi) is 6.43. The molecule has 0 N–H and O–H groups in total. The molecule has 0 spiro atoms. The monoisotopic (exact) mass is 428 g/mol. The summed E-state index contributed by atoms with van der Waals surface area (Å²) in [7, 11) is -3.77. The van der Waals surface area contributed by atoms with Gasteiger partial charge in [-0.05, 0) is 24.3 Å². The molecular weight excluding hydrogens is 412 g/mol. The molecule has 0 saturated carbocycles. The van der Waals surface area contributed by atoms with Gasteiger partial charge in [0.2, 0.25) is 5.76 Å². The SMILES string of the molecule is O=C(/C=C/S(=O)(=O)c1ccccc1)OCCOC(=O)c1cc(=O)c2ccccc2o1. The highest BCUT2D eigenvalue weighted by molar-refractivity contribution is 7.94. The lowest BCUT2D eigenvalue weighted by molar-refractivity contribution is -0.138. The molecule has 1 heterocycles. The fourth-order valence-electron chi connectivity index (χ4n) is 2.43. The third kappa shape index (κ3) is 5.21. The highest BCUT2D eigenvalue weighted by Gasteiger charge is 2.14. The lowest BCUT2D eigenvalue weighted by Gasteiger charge is -2.05. The van der Waals surface area contributed by atoms with Crippen molar-refractivity contribution in [3.05, 3.63) is 88.1 Å². The van der Waals surface area contributed by atoms with Crippen molar-refractivity contribution in [3.8, 4) is 0 Å². The van der Waals surface area contributed by atoms with E-state index in [1.807, 2.05) is 0 Å². The summed E-state index contributed by atoms with van der Waals surface area (Å²) in [6, 6.07) is 15.1. The summed E-state index contributed by atoms with van der Waals surface area (Å²) in [6.45, 7) is -0.613. The molecule has 0 amide bonds. The van der Waals surface area contributed by atoms with Crippen LogP contribution in [0.5, 0.6) is 0 Å². The quantitative estimate of drug-likeness (QED) is 0.320. The molecular formula is C21H16O8S. The topological polar surface area (TPSA) is 117 Å². The van der Waals surface area contributed by atoms with Crippen molar-refractivity contribution >= 4 is 32.7 Å². The van der Waals surface area contributed by atoms with Crippen LogP contribution in [0.15, 0.2) is 86.3 Å². The number of esters is 2. The molecule has 0 saturated heterocycles. The summed E-state index contributed by atoms with van der Waals surface area (Å²) in [5, 5.41) is 1.07. The summed E-state index contributed by atoms with van der Waals surface area (Å²) in [5.74, 6) is -2.09. The molecule has 0 fully saturated rings. The molecule has 3 aromatic rings. The van der Waals surface area contributed by atoms with Crippen LogP contribution in [-0.4, -0.2) is 33.6 Å². The van der Waals surface area contributed by atoms with Gasteiger partial charge in [0, 0.05) is 17.6 Å². The maximum atomic E-state index is 12.0. The molecule has 8 nitrogen and oxygen atoms in total. The number of carbonyl (C=O) groups is 2. The molecule has 0 atom stereocenters. The third-order valence-corrected chi connectivity index (χ3v) is 5.28. The van der Waals surface area contributed by atoms with Gasteiger partial charge in [0.05, 0.1) is 10.3 Å². The molecule has 9 heteroatoms. The van der Waals surface area contributed by atoms with Crippen LogP contribution in [0.4, 0.5) is 0 Å². The highest BCUT2D eigenvalue weighted by atomic mass is 32.2. The Morgan fingerprint density at radius 3 is 2.37 bits per heavy atom. The van der Waals surface area contributed by atoms with Crippen LogP contribution in [0.2, 0.25) is 0 Å². The Morgan fingerprint density at radius 1 is 0.933 bits per heavy atom. The Morgan fingerprint density at radius 2 is 1.60 bits per heavy atom. The largest absolute Gasteiger partial charge is 0.459 e. The van der Waals surface area contributed by atoms with Crippen molar-refractivity contribution in [2.24, 2.45) is 0 Å². The summed E-state index contributed by atoms with van der Waals surface area (Å²) in [5.41, 5.74) is -0.145. The first-order valence-corrected chi connectivity index (χ1v) is 10.3. The molecule has 0 aliphatic heterocycles. The van der Waals surface area contributed by atoms with Crippen LogP contribution >= 0.6 is 0 Å². The average Bonchev–Trinajstić information content (AvgIpc) is 2.76. The van der Waals surface area contributed by atoms with Gasteiger partial charge >= 0.3 is 11.9 Å². The van der Waals surface area contributed by atoms with E-state index in [0.717, 1.165) is 17.6 Å². The molecule has 0 radical (unpaired) electrons. The van der Waals surface area contributed by atoms with Gasteiger partial charge in [0.15, 0.2) is 15.3 Å². The zero-order chi connectivity index (χ0) is 21.6. The van der Waals surface area contributed by atoms with Crippen LogP contribution < -0.4 is 5.43 Å². The van der Waals surface area contributed by atoms with Gasteiger partial charge in [-0.15, -0.1) is 0 Å². The second kappa shape index (κ2) is 9.19. The molecule has 0 aliphatic carbocycles. The zero-order valence-corrected chi connectivity index (χ0v) is 16.3. The first-order valence-electron chi connectivity index (χ1n) is 8.72. The highest BCUT2D eigenvalue weighted by Crippen LogP contribution is 2.13. The summed E-state index contributed by atoms with van der Waals surface area (Å²) < 4.78 is 39.1. The Labute approximate surface area is 171 Å². The van der Waals surface area contributed by atoms with Crippen LogP contribution in [0.25, 0.3) is 11.0 Å². The molecule has 0 bridgehead atoms. The number of fused-ring (bicyclic) bond motifs is 1. The van der Waals surface area contributed by atoms with E-state index in [9.17, 15) is 22.8 Å². The zero-order valence-electron chi connectivity index (χ0n) is 15.5. The van der Waals surface area contributed by atoms with E-state index in [4.69, 9.17) is 13.9 Å². The van der Waals surface area contributed by atoms with Crippen LogP contribution in [0, 0.1) is 0 Å². The Balaban J connectivity index is 1.50. The third-order valence-electron chi connectivity index (χ3n) is 3.85. The van der Waals surface area contributed by atoms with E-state index >= 15 is 0 Å². The number of rotatable bonds is 7. The molecule has 30 heavy (non-hydrogen) atoms. The standard InChI is InChI=1S/C21H16O8S/c22-17-14-19(29-18-9-5-4-8-16(17)18)21(24)28-12-11-27-20(23)10-13-30(25,26)15-6-2-1-3-7-15/h1-10,13-14H,11-12H2/b13-10+. The second-order valence-corrected chi connectivity index (χ2v) is 7.77. The van der Waals surface area contributed by atoms with E-state index in [1.54, 1.807) is 42.5 Å². The van der Waals surface area contributed by atoms with Crippen molar-refractivity contribution in [1.82, 2.24) is 0 Å². The summed E-state index contributed by atoms with van der Waals surface area (Å²) in [6.07, 6.45) is 0.770. The van der Waals surface area contributed by atoms with Gasteiger partial charge in [0.1, 0.15) is 18.8 Å². The molecule has 0 unspecified atom stereocenters. The number of carbonyl (C=O) groups excluding carboxylic acids is 2. The lowest BCUT2D eigenvalue weighted by atomic mass is 10.2. The van der Waals surface area contributed by atoms with Crippen LogP contribution in [-0.2, 0) is 24.1 Å².